The minimum atomic E-state index is -3.55. The second-order valence-electron chi connectivity index (χ2n) is 6.74. The van der Waals surface area contributed by atoms with Crippen molar-refractivity contribution in [2.24, 2.45) is 5.92 Å². The zero-order chi connectivity index (χ0) is 20.9. The first-order chi connectivity index (χ1) is 14.0. The van der Waals surface area contributed by atoms with E-state index in [9.17, 15) is 13.2 Å². The summed E-state index contributed by atoms with van der Waals surface area (Å²) in [5, 5.41) is 11.9. The molecule has 1 amide bonds. The van der Waals surface area contributed by atoms with Crippen LogP contribution in [0.4, 0.5) is 5.69 Å². The van der Waals surface area contributed by atoms with E-state index in [2.05, 4.69) is 5.32 Å². The van der Waals surface area contributed by atoms with Gasteiger partial charge in [-0.3, -0.25) is 4.79 Å². The molecule has 7 nitrogen and oxygen atoms in total. The number of nitriles is 1. The standard InChI is InChI=1S/C21H23N3O4S/c1-2-28-20-9-8-16(15-22)14-19(20)23-21(25)17-10-12-24(13-11-17)29(26,27)18-6-4-3-5-7-18/h3-9,14,17H,2,10-13H2,1H3,(H,23,25). The number of nitrogens with zero attached hydrogens (tertiary/aromatic N) is 2. The first kappa shape index (κ1) is 20.8. The Balaban J connectivity index is 1.66. The van der Waals surface area contributed by atoms with Crippen LogP contribution in [0.2, 0.25) is 0 Å². The highest BCUT2D eigenvalue weighted by atomic mass is 32.2. The molecule has 3 rings (SSSR count). The molecule has 0 radical (unpaired) electrons. The summed E-state index contributed by atoms with van der Waals surface area (Å²) >= 11 is 0. The molecule has 29 heavy (non-hydrogen) atoms. The Bertz CT molecular complexity index is 1010. The Kier molecular flexibility index (Phi) is 6.52. The molecule has 1 heterocycles. The molecule has 0 aliphatic carbocycles. The minimum absolute atomic E-state index is 0.196. The Hall–Kier alpha value is -2.89. The fourth-order valence-electron chi connectivity index (χ4n) is 3.31. The maximum Gasteiger partial charge on any atom is 0.243 e. The van der Waals surface area contributed by atoms with E-state index in [0.717, 1.165) is 0 Å². The average Bonchev–Trinajstić information content (AvgIpc) is 2.75. The third kappa shape index (κ3) is 4.75. The van der Waals surface area contributed by atoms with Gasteiger partial charge < -0.3 is 10.1 Å². The van der Waals surface area contributed by atoms with Crippen LogP contribution < -0.4 is 10.1 Å². The SMILES string of the molecule is CCOc1ccc(C#N)cc1NC(=O)C1CCN(S(=O)(=O)c2ccccc2)CC1. The third-order valence-corrected chi connectivity index (χ3v) is 6.78. The van der Waals surface area contributed by atoms with Crippen LogP contribution in [0.15, 0.2) is 53.4 Å². The summed E-state index contributed by atoms with van der Waals surface area (Å²) in [5.74, 6) is -0.000755. The minimum Gasteiger partial charge on any atom is -0.492 e. The molecule has 0 saturated carbocycles. The van der Waals surface area contributed by atoms with E-state index in [1.165, 1.54) is 4.31 Å². The van der Waals surface area contributed by atoms with Gasteiger partial charge in [-0.15, -0.1) is 0 Å². The van der Waals surface area contributed by atoms with Gasteiger partial charge in [-0.05, 0) is 50.1 Å². The number of ether oxygens (including phenoxy) is 1. The van der Waals surface area contributed by atoms with Gasteiger partial charge in [-0.1, -0.05) is 18.2 Å². The number of anilines is 1. The maximum absolute atomic E-state index is 12.7. The number of carbonyl (C=O) groups excluding carboxylic acids is 1. The van der Waals surface area contributed by atoms with E-state index in [1.807, 2.05) is 13.0 Å². The smallest absolute Gasteiger partial charge is 0.243 e. The second-order valence-corrected chi connectivity index (χ2v) is 8.67. The first-order valence-corrected chi connectivity index (χ1v) is 10.9. The number of amides is 1. The highest BCUT2D eigenvalue weighted by Crippen LogP contribution is 2.29. The van der Waals surface area contributed by atoms with Gasteiger partial charge in [0.25, 0.3) is 0 Å². The lowest BCUT2D eigenvalue weighted by molar-refractivity contribution is -0.120. The Morgan fingerprint density at radius 2 is 1.90 bits per heavy atom. The van der Waals surface area contributed by atoms with Crippen molar-refractivity contribution >= 4 is 21.6 Å². The van der Waals surface area contributed by atoms with E-state index < -0.39 is 10.0 Å². The summed E-state index contributed by atoms with van der Waals surface area (Å²) in [7, 11) is -3.55. The van der Waals surface area contributed by atoms with Crippen molar-refractivity contribution in [2.75, 3.05) is 25.0 Å². The summed E-state index contributed by atoms with van der Waals surface area (Å²) in [6.07, 6.45) is 0.861. The molecule has 1 aliphatic heterocycles. The number of hydrogen-bond donors (Lipinski definition) is 1. The molecule has 0 unspecified atom stereocenters. The van der Waals surface area contributed by atoms with Crippen LogP contribution in [0.25, 0.3) is 0 Å². The topological polar surface area (TPSA) is 99.5 Å². The van der Waals surface area contributed by atoms with Crippen LogP contribution in [0.1, 0.15) is 25.3 Å². The van der Waals surface area contributed by atoms with Gasteiger partial charge in [0.15, 0.2) is 0 Å². The Labute approximate surface area is 171 Å². The molecular formula is C21H23N3O4S. The summed E-state index contributed by atoms with van der Waals surface area (Å²) in [4.78, 5) is 13.0. The molecule has 152 valence electrons. The second kappa shape index (κ2) is 9.07. The fourth-order valence-corrected chi connectivity index (χ4v) is 4.80. The predicted molar refractivity (Wildman–Crippen MR) is 109 cm³/mol. The van der Waals surface area contributed by atoms with Crippen LogP contribution in [0.5, 0.6) is 5.75 Å². The molecule has 0 atom stereocenters. The zero-order valence-electron chi connectivity index (χ0n) is 16.2. The zero-order valence-corrected chi connectivity index (χ0v) is 17.0. The predicted octanol–water partition coefficient (Wildman–Crippen LogP) is 3.00. The molecule has 8 heteroatoms. The van der Waals surface area contributed by atoms with Gasteiger partial charge in [0.05, 0.1) is 28.8 Å². The average molecular weight is 413 g/mol. The van der Waals surface area contributed by atoms with Gasteiger partial charge >= 0.3 is 0 Å². The van der Waals surface area contributed by atoms with E-state index in [4.69, 9.17) is 10.00 Å². The highest BCUT2D eigenvalue weighted by Gasteiger charge is 2.32. The fraction of sp³-hybridized carbons (Fsp3) is 0.333. The van der Waals surface area contributed by atoms with Crippen molar-refractivity contribution in [3.63, 3.8) is 0 Å². The van der Waals surface area contributed by atoms with Crippen molar-refractivity contribution in [1.29, 1.82) is 5.26 Å². The summed E-state index contributed by atoms with van der Waals surface area (Å²) in [5.41, 5.74) is 0.878. The summed E-state index contributed by atoms with van der Waals surface area (Å²) in [6.45, 7) is 2.84. The molecule has 1 N–H and O–H groups in total. The monoisotopic (exact) mass is 413 g/mol. The van der Waals surface area contributed by atoms with Crippen LogP contribution in [0, 0.1) is 17.2 Å². The number of nitrogens with one attached hydrogen (secondary N) is 1. The maximum atomic E-state index is 12.7. The lowest BCUT2D eigenvalue weighted by atomic mass is 9.97. The lowest BCUT2D eigenvalue weighted by Crippen LogP contribution is -2.41. The summed E-state index contributed by atoms with van der Waals surface area (Å²) < 4.78 is 32.4. The number of rotatable bonds is 6. The first-order valence-electron chi connectivity index (χ1n) is 9.48. The summed E-state index contributed by atoms with van der Waals surface area (Å²) in [6, 6.07) is 15.2. The van der Waals surface area contributed by atoms with Crippen molar-refractivity contribution in [3.8, 4) is 11.8 Å². The van der Waals surface area contributed by atoms with Gasteiger partial charge in [-0.25, -0.2) is 8.42 Å². The van der Waals surface area contributed by atoms with Crippen molar-refractivity contribution < 1.29 is 17.9 Å². The quantitative estimate of drug-likeness (QED) is 0.785. The molecule has 2 aromatic carbocycles. The van der Waals surface area contributed by atoms with Crippen LogP contribution in [0.3, 0.4) is 0 Å². The number of hydrogen-bond acceptors (Lipinski definition) is 5. The number of sulfonamides is 1. The van der Waals surface area contributed by atoms with E-state index in [1.54, 1.807) is 48.5 Å². The molecule has 0 aromatic heterocycles. The number of benzene rings is 2. The van der Waals surface area contributed by atoms with Gasteiger partial charge in [-0.2, -0.15) is 9.57 Å². The third-order valence-electron chi connectivity index (χ3n) is 4.87. The van der Waals surface area contributed by atoms with E-state index in [-0.39, 0.29) is 29.8 Å². The van der Waals surface area contributed by atoms with Gasteiger partial charge in [0.2, 0.25) is 15.9 Å². The molecule has 1 aliphatic rings. The molecule has 0 bridgehead atoms. The number of piperidine rings is 1. The van der Waals surface area contributed by atoms with Crippen LogP contribution in [-0.4, -0.2) is 38.3 Å². The van der Waals surface area contributed by atoms with Crippen LogP contribution in [-0.2, 0) is 14.8 Å². The molecule has 0 spiro atoms. The molecule has 1 saturated heterocycles. The van der Waals surface area contributed by atoms with Crippen LogP contribution >= 0.6 is 0 Å². The lowest BCUT2D eigenvalue weighted by Gasteiger charge is -2.30. The molecular weight excluding hydrogens is 390 g/mol. The van der Waals surface area contributed by atoms with Crippen molar-refractivity contribution in [1.82, 2.24) is 4.31 Å². The van der Waals surface area contributed by atoms with Gasteiger partial charge in [0.1, 0.15) is 5.75 Å². The van der Waals surface area contributed by atoms with E-state index >= 15 is 0 Å². The highest BCUT2D eigenvalue weighted by molar-refractivity contribution is 7.89. The van der Waals surface area contributed by atoms with Crippen molar-refractivity contribution in [3.05, 3.63) is 54.1 Å². The van der Waals surface area contributed by atoms with E-state index in [0.29, 0.717) is 36.4 Å². The molecule has 2 aromatic rings. The largest absolute Gasteiger partial charge is 0.492 e. The normalized spacial score (nSPS) is 15.4. The van der Waals surface area contributed by atoms with Gasteiger partial charge in [0, 0.05) is 19.0 Å². The Morgan fingerprint density at radius 1 is 1.21 bits per heavy atom. The Morgan fingerprint density at radius 3 is 2.52 bits per heavy atom. The van der Waals surface area contributed by atoms with Crippen molar-refractivity contribution in [2.45, 2.75) is 24.7 Å². The molecule has 1 fully saturated rings. The number of carbonyl (C=O) groups is 1.